The van der Waals surface area contributed by atoms with Crippen molar-refractivity contribution in [3.05, 3.63) is 35.4 Å². The Morgan fingerprint density at radius 1 is 1.29 bits per heavy atom. The number of carbonyl (C=O) groups is 3. The smallest absolute Gasteiger partial charge is 0.315 e. The Kier molecular flexibility index (Phi) is 4.73. The summed E-state index contributed by atoms with van der Waals surface area (Å²) >= 11 is 6.41. The number of hydroxylamine groups is 1. The Balaban J connectivity index is 1.80. The zero-order chi connectivity index (χ0) is 17.3. The lowest BCUT2D eigenvalue weighted by molar-refractivity contribution is -0.129. The minimum atomic E-state index is -0.601. The molecule has 3 atom stereocenters. The van der Waals surface area contributed by atoms with Gasteiger partial charge in [0.2, 0.25) is 5.91 Å². The zero-order valence-corrected chi connectivity index (χ0v) is 13.6. The summed E-state index contributed by atoms with van der Waals surface area (Å²) in [4.78, 5) is 37.3. The number of imide groups is 1. The molecular weight excluding hydrogens is 334 g/mol. The van der Waals surface area contributed by atoms with E-state index in [-0.39, 0.29) is 23.2 Å². The van der Waals surface area contributed by atoms with Crippen LogP contribution in [0.15, 0.2) is 24.3 Å². The van der Waals surface area contributed by atoms with Gasteiger partial charge >= 0.3 is 6.03 Å². The number of hydrogen-bond acceptors (Lipinski definition) is 4. The molecule has 1 saturated carbocycles. The van der Waals surface area contributed by atoms with Crippen LogP contribution < -0.4 is 10.8 Å². The van der Waals surface area contributed by atoms with Crippen LogP contribution >= 0.6 is 11.6 Å². The molecule has 1 saturated heterocycles. The summed E-state index contributed by atoms with van der Waals surface area (Å²) in [6, 6.07) is 5.77. The number of nitrogens with zero attached hydrogens (tertiary/aromatic N) is 1. The van der Waals surface area contributed by atoms with Crippen molar-refractivity contribution in [1.29, 1.82) is 0 Å². The van der Waals surface area contributed by atoms with Crippen molar-refractivity contribution < 1.29 is 19.6 Å². The molecule has 128 valence electrons. The van der Waals surface area contributed by atoms with Crippen LogP contribution in [-0.4, -0.2) is 39.4 Å². The first-order valence-electron chi connectivity index (χ1n) is 7.80. The number of rotatable bonds is 3. The van der Waals surface area contributed by atoms with Crippen LogP contribution in [-0.2, 0) is 11.3 Å². The molecule has 7 nitrogen and oxygen atoms in total. The van der Waals surface area contributed by atoms with Gasteiger partial charge in [0.05, 0.1) is 17.3 Å². The maximum atomic E-state index is 12.3. The molecule has 1 aliphatic carbocycles. The van der Waals surface area contributed by atoms with Crippen LogP contribution in [0.2, 0.25) is 0 Å². The molecule has 3 rings (SSSR count). The van der Waals surface area contributed by atoms with E-state index in [4.69, 9.17) is 16.8 Å². The third-order valence-electron chi connectivity index (χ3n) is 4.64. The van der Waals surface area contributed by atoms with E-state index in [1.165, 1.54) is 0 Å². The van der Waals surface area contributed by atoms with Crippen molar-refractivity contribution in [3.8, 4) is 0 Å². The fourth-order valence-corrected chi connectivity index (χ4v) is 3.90. The molecule has 1 heterocycles. The van der Waals surface area contributed by atoms with E-state index in [9.17, 15) is 14.4 Å². The fraction of sp³-hybridized carbons (Fsp3) is 0.438. The minimum Gasteiger partial charge on any atom is -0.315 e. The molecule has 4 amide bonds. The van der Waals surface area contributed by atoms with Crippen molar-refractivity contribution in [2.45, 2.75) is 37.2 Å². The molecular formula is C16H18ClN3O4. The van der Waals surface area contributed by atoms with Gasteiger partial charge in [0.15, 0.2) is 0 Å². The van der Waals surface area contributed by atoms with E-state index >= 15 is 0 Å². The van der Waals surface area contributed by atoms with E-state index in [2.05, 4.69) is 5.32 Å². The van der Waals surface area contributed by atoms with Gasteiger partial charge in [0, 0.05) is 12.1 Å². The lowest BCUT2D eigenvalue weighted by Gasteiger charge is -2.45. The normalized spacial score (nSPS) is 26.6. The quantitative estimate of drug-likeness (QED) is 0.438. The number of carbonyl (C=O) groups excluding carboxylic acids is 3. The summed E-state index contributed by atoms with van der Waals surface area (Å²) in [6.45, 7) is 0.296. The molecule has 24 heavy (non-hydrogen) atoms. The number of benzene rings is 1. The van der Waals surface area contributed by atoms with Crippen molar-refractivity contribution >= 4 is 29.4 Å². The van der Waals surface area contributed by atoms with E-state index in [1.807, 2.05) is 0 Å². The maximum absolute atomic E-state index is 12.3. The molecule has 0 bridgehead atoms. The second kappa shape index (κ2) is 6.78. The van der Waals surface area contributed by atoms with E-state index in [0.717, 1.165) is 24.8 Å². The molecule has 3 N–H and O–H groups in total. The largest absolute Gasteiger partial charge is 0.324 e. The van der Waals surface area contributed by atoms with Gasteiger partial charge in [-0.05, 0) is 30.5 Å². The van der Waals surface area contributed by atoms with Crippen LogP contribution in [0.5, 0.6) is 0 Å². The summed E-state index contributed by atoms with van der Waals surface area (Å²) in [7, 11) is 0. The Labute approximate surface area is 143 Å². The standard InChI is InChI=1S/C16H18ClN3O4/c17-12-3-1-2-11-13(12)20(16(23)18-15(11)22)8-9-4-6-10(7-5-9)14(21)19-24/h4-7,11-13,24H,1-3,8H2,(H,19,21)(H,18,22,23). The number of hydrogen-bond donors (Lipinski definition) is 3. The number of halogens is 1. The SMILES string of the molecule is O=C(NO)c1ccc(CN2C(=O)NC(=O)C3CCCC(Cl)C32)cc1. The van der Waals surface area contributed by atoms with Gasteiger partial charge in [0.1, 0.15) is 0 Å². The van der Waals surface area contributed by atoms with Gasteiger partial charge in [0.25, 0.3) is 5.91 Å². The number of nitrogens with one attached hydrogen (secondary N) is 2. The van der Waals surface area contributed by atoms with Crippen molar-refractivity contribution in [3.63, 3.8) is 0 Å². The highest BCUT2D eigenvalue weighted by molar-refractivity contribution is 6.21. The number of urea groups is 1. The van der Waals surface area contributed by atoms with Crippen LogP contribution in [0.3, 0.4) is 0 Å². The second-order valence-electron chi connectivity index (χ2n) is 6.10. The molecule has 0 aromatic heterocycles. The van der Waals surface area contributed by atoms with Gasteiger partial charge in [-0.2, -0.15) is 0 Å². The fourth-order valence-electron chi connectivity index (χ4n) is 3.43. The Morgan fingerprint density at radius 3 is 2.67 bits per heavy atom. The van der Waals surface area contributed by atoms with Gasteiger partial charge in [-0.3, -0.25) is 20.1 Å². The summed E-state index contributed by atoms with van der Waals surface area (Å²) in [5.74, 6) is -1.13. The maximum Gasteiger partial charge on any atom is 0.324 e. The third kappa shape index (κ3) is 3.09. The molecule has 3 unspecified atom stereocenters. The molecule has 0 radical (unpaired) electrons. The first kappa shape index (κ1) is 16.7. The zero-order valence-electron chi connectivity index (χ0n) is 12.9. The van der Waals surface area contributed by atoms with E-state index < -0.39 is 11.9 Å². The first-order valence-corrected chi connectivity index (χ1v) is 8.24. The van der Waals surface area contributed by atoms with E-state index in [1.54, 1.807) is 34.6 Å². The van der Waals surface area contributed by atoms with Gasteiger partial charge < -0.3 is 4.90 Å². The predicted molar refractivity (Wildman–Crippen MR) is 85.5 cm³/mol. The first-order chi connectivity index (χ1) is 11.5. The van der Waals surface area contributed by atoms with Gasteiger partial charge in [-0.1, -0.05) is 18.6 Å². The lowest BCUT2D eigenvalue weighted by Crippen LogP contribution is -2.63. The Bertz CT molecular complexity index is 664. The van der Waals surface area contributed by atoms with Crippen LogP contribution in [0.4, 0.5) is 4.79 Å². The van der Waals surface area contributed by atoms with Crippen molar-refractivity contribution in [2.75, 3.05) is 0 Å². The monoisotopic (exact) mass is 351 g/mol. The van der Waals surface area contributed by atoms with Crippen LogP contribution in [0, 0.1) is 5.92 Å². The van der Waals surface area contributed by atoms with Crippen molar-refractivity contribution in [1.82, 2.24) is 15.7 Å². The third-order valence-corrected chi connectivity index (χ3v) is 5.11. The summed E-state index contributed by atoms with van der Waals surface area (Å²) in [6.07, 6.45) is 2.37. The highest BCUT2D eigenvalue weighted by Gasteiger charge is 2.46. The van der Waals surface area contributed by atoms with Crippen molar-refractivity contribution in [2.24, 2.45) is 5.92 Å². The molecule has 2 fully saturated rings. The highest BCUT2D eigenvalue weighted by atomic mass is 35.5. The van der Waals surface area contributed by atoms with Gasteiger partial charge in [-0.15, -0.1) is 11.6 Å². The summed E-state index contributed by atoms with van der Waals surface area (Å²) in [5, 5.41) is 10.8. The van der Waals surface area contributed by atoms with Crippen LogP contribution in [0.1, 0.15) is 35.2 Å². The average Bonchev–Trinajstić information content (AvgIpc) is 2.58. The average molecular weight is 352 g/mol. The molecule has 8 heteroatoms. The van der Waals surface area contributed by atoms with Gasteiger partial charge in [-0.25, -0.2) is 10.3 Å². The summed E-state index contributed by atoms with van der Waals surface area (Å²) in [5.41, 5.74) is 2.69. The summed E-state index contributed by atoms with van der Waals surface area (Å²) < 4.78 is 0. The minimum absolute atomic E-state index is 0.249. The number of amides is 4. The predicted octanol–water partition coefficient (Wildman–Crippen LogP) is 1.63. The van der Waals surface area contributed by atoms with Crippen LogP contribution in [0.25, 0.3) is 0 Å². The molecule has 2 aliphatic rings. The number of fused-ring (bicyclic) bond motifs is 1. The highest BCUT2D eigenvalue weighted by Crippen LogP contribution is 2.35. The second-order valence-corrected chi connectivity index (χ2v) is 6.66. The molecule has 1 aromatic rings. The topological polar surface area (TPSA) is 98.7 Å². The Morgan fingerprint density at radius 2 is 2.00 bits per heavy atom. The Hall–Kier alpha value is -2.12. The lowest BCUT2D eigenvalue weighted by atomic mass is 9.81. The van der Waals surface area contributed by atoms with E-state index in [0.29, 0.717) is 12.1 Å². The molecule has 1 aromatic carbocycles. The molecule has 0 spiro atoms. The molecule has 1 aliphatic heterocycles. The number of alkyl halides is 1.